The number of likely N-dealkylation sites (N-methyl/N-ethyl adjacent to an activating group) is 2. The molecule has 0 spiro atoms. The Morgan fingerprint density at radius 2 is 2.10 bits per heavy atom. The molecule has 1 aliphatic heterocycles. The van der Waals surface area contributed by atoms with E-state index >= 15 is 0 Å². The summed E-state index contributed by atoms with van der Waals surface area (Å²) >= 11 is 0. The zero-order chi connectivity index (χ0) is 15.4. The van der Waals surface area contributed by atoms with Gasteiger partial charge in [-0.1, -0.05) is 23.8 Å². The third-order valence-corrected chi connectivity index (χ3v) is 4.80. The maximum absolute atomic E-state index is 3.51. The second-order valence-electron chi connectivity index (χ2n) is 6.72. The van der Waals surface area contributed by atoms with E-state index in [-0.39, 0.29) is 0 Å². The Bertz CT molecular complexity index is 456. The van der Waals surface area contributed by atoms with E-state index in [0.717, 1.165) is 6.54 Å². The Hall–Kier alpha value is -0.900. The van der Waals surface area contributed by atoms with Crippen molar-refractivity contribution in [2.24, 2.45) is 0 Å². The van der Waals surface area contributed by atoms with Gasteiger partial charge in [0.1, 0.15) is 0 Å². The molecule has 3 nitrogen and oxygen atoms in total. The van der Waals surface area contributed by atoms with Crippen molar-refractivity contribution in [1.82, 2.24) is 15.1 Å². The van der Waals surface area contributed by atoms with Gasteiger partial charge in [0.2, 0.25) is 0 Å². The van der Waals surface area contributed by atoms with Crippen LogP contribution in [0.2, 0.25) is 0 Å². The Balaban J connectivity index is 2.05. The van der Waals surface area contributed by atoms with Crippen molar-refractivity contribution >= 4 is 0 Å². The lowest BCUT2D eigenvalue weighted by Gasteiger charge is -2.38. The summed E-state index contributed by atoms with van der Waals surface area (Å²) in [7, 11) is 6.49. The average molecular weight is 289 g/mol. The minimum atomic E-state index is 0.423. The first kappa shape index (κ1) is 16.5. The van der Waals surface area contributed by atoms with Crippen LogP contribution >= 0.6 is 0 Å². The zero-order valence-corrected chi connectivity index (χ0v) is 14.3. The SMILES string of the molecule is CNC(CN1CCCC(N(C)C)C1)c1ccc(C)cc1C. The van der Waals surface area contributed by atoms with Crippen LogP contribution in [0.5, 0.6) is 0 Å². The van der Waals surface area contributed by atoms with Crippen LogP contribution in [0.15, 0.2) is 18.2 Å². The molecule has 21 heavy (non-hydrogen) atoms. The van der Waals surface area contributed by atoms with Gasteiger partial charge in [-0.2, -0.15) is 0 Å². The topological polar surface area (TPSA) is 18.5 Å². The molecule has 1 aromatic carbocycles. The number of hydrogen-bond donors (Lipinski definition) is 1. The van der Waals surface area contributed by atoms with Crippen molar-refractivity contribution in [1.29, 1.82) is 0 Å². The number of piperidine rings is 1. The summed E-state index contributed by atoms with van der Waals surface area (Å²) in [6, 6.07) is 7.94. The predicted molar refractivity (Wildman–Crippen MR) is 90.9 cm³/mol. The third kappa shape index (κ3) is 4.29. The van der Waals surface area contributed by atoms with Gasteiger partial charge in [-0.15, -0.1) is 0 Å². The van der Waals surface area contributed by atoms with Crippen LogP contribution in [-0.4, -0.2) is 56.6 Å². The minimum Gasteiger partial charge on any atom is -0.312 e. The fourth-order valence-electron chi connectivity index (χ4n) is 3.44. The first-order valence-electron chi connectivity index (χ1n) is 8.14. The molecule has 0 amide bonds. The fourth-order valence-corrected chi connectivity index (χ4v) is 3.44. The van der Waals surface area contributed by atoms with E-state index in [1.807, 2.05) is 0 Å². The van der Waals surface area contributed by atoms with E-state index in [2.05, 4.69) is 68.3 Å². The highest BCUT2D eigenvalue weighted by Crippen LogP contribution is 2.22. The molecule has 0 aliphatic carbocycles. The highest BCUT2D eigenvalue weighted by atomic mass is 15.2. The van der Waals surface area contributed by atoms with Crippen molar-refractivity contribution in [3.8, 4) is 0 Å². The number of rotatable bonds is 5. The third-order valence-electron chi connectivity index (χ3n) is 4.80. The van der Waals surface area contributed by atoms with E-state index in [1.165, 1.54) is 42.6 Å². The van der Waals surface area contributed by atoms with Crippen LogP contribution in [0.4, 0.5) is 0 Å². The summed E-state index contributed by atoms with van der Waals surface area (Å²) in [5, 5.41) is 3.51. The predicted octanol–water partition coefficient (Wildman–Crippen LogP) is 2.59. The molecule has 0 saturated carbocycles. The lowest BCUT2D eigenvalue weighted by molar-refractivity contribution is 0.124. The molecular formula is C18H31N3. The molecular weight excluding hydrogens is 258 g/mol. The quantitative estimate of drug-likeness (QED) is 0.899. The lowest BCUT2D eigenvalue weighted by atomic mass is 9.97. The molecule has 2 unspecified atom stereocenters. The highest BCUT2D eigenvalue weighted by molar-refractivity contribution is 5.33. The van der Waals surface area contributed by atoms with E-state index in [9.17, 15) is 0 Å². The maximum Gasteiger partial charge on any atom is 0.0449 e. The molecule has 1 aromatic rings. The van der Waals surface area contributed by atoms with Crippen LogP contribution in [-0.2, 0) is 0 Å². The van der Waals surface area contributed by atoms with Crippen LogP contribution in [0, 0.1) is 13.8 Å². The molecule has 1 N–H and O–H groups in total. The molecule has 1 fully saturated rings. The second kappa shape index (κ2) is 7.39. The zero-order valence-electron chi connectivity index (χ0n) is 14.3. The average Bonchev–Trinajstić information content (AvgIpc) is 2.45. The van der Waals surface area contributed by atoms with Crippen molar-refractivity contribution in [3.63, 3.8) is 0 Å². The van der Waals surface area contributed by atoms with Crippen LogP contribution < -0.4 is 5.32 Å². The monoisotopic (exact) mass is 289 g/mol. The summed E-state index contributed by atoms with van der Waals surface area (Å²) in [6.07, 6.45) is 2.64. The Labute approximate surface area is 130 Å². The Morgan fingerprint density at radius 3 is 2.71 bits per heavy atom. The molecule has 2 atom stereocenters. The molecule has 1 heterocycles. The maximum atomic E-state index is 3.51. The van der Waals surface area contributed by atoms with Gasteiger partial charge in [0, 0.05) is 25.2 Å². The number of nitrogens with zero attached hydrogens (tertiary/aromatic N) is 2. The molecule has 0 bridgehead atoms. The van der Waals surface area contributed by atoms with Crippen molar-refractivity contribution in [2.75, 3.05) is 40.8 Å². The van der Waals surface area contributed by atoms with E-state index in [0.29, 0.717) is 12.1 Å². The summed E-state index contributed by atoms with van der Waals surface area (Å²) in [4.78, 5) is 4.99. The summed E-state index contributed by atoms with van der Waals surface area (Å²) in [5.41, 5.74) is 4.18. The number of benzene rings is 1. The van der Waals surface area contributed by atoms with Crippen molar-refractivity contribution < 1.29 is 0 Å². The molecule has 0 radical (unpaired) electrons. The molecule has 1 saturated heterocycles. The van der Waals surface area contributed by atoms with E-state index < -0.39 is 0 Å². The summed E-state index contributed by atoms with van der Waals surface area (Å²) in [5.74, 6) is 0. The van der Waals surface area contributed by atoms with Crippen LogP contribution in [0.1, 0.15) is 35.6 Å². The molecule has 3 heteroatoms. The molecule has 2 rings (SSSR count). The summed E-state index contributed by atoms with van der Waals surface area (Å²) in [6.45, 7) is 7.91. The standard InChI is InChI=1S/C18H31N3/c1-14-8-9-17(15(2)11-14)18(19-3)13-21-10-6-7-16(12-21)20(4)5/h8-9,11,16,18-19H,6-7,10,12-13H2,1-5H3. The van der Waals surface area contributed by atoms with Gasteiger partial charge in [0.25, 0.3) is 0 Å². The highest BCUT2D eigenvalue weighted by Gasteiger charge is 2.24. The van der Waals surface area contributed by atoms with Gasteiger partial charge in [-0.25, -0.2) is 0 Å². The Morgan fingerprint density at radius 1 is 1.33 bits per heavy atom. The smallest absolute Gasteiger partial charge is 0.0449 e. The molecule has 118 valence electrons. The van der Waals surface area contributed by atoms with E-state index in [4.69, 9.17) is 0 Å². The second-order valence-corrected chi connectivity index (χ2v) is 6.72. The largest absolute Gasteiger partial charge is 0.312 e. The van der Waals surface area contributed by atoms with Gasteiger partial charge in [0.15, 0.2) is 0 Å². The normalized spacial score (nSPS) is 21.7. The lowest BCUT2D eigenvalue weighted by Crippen LogP contribution is -2.47. The first-order valence-corrected chi connectivity index (χ1v) is 8.14. The fraction of sp³-hybridized carbons (Fsp3) is 0.667. The first-order chi connectivity index (χ1) is 10.0. The minimum absolute atomic E-state index is 0.423. The number of aryl methyl sites for hydroxylation is 2. The number of likely N-dealkylation sites (tertiary alicyclic amines) is 1. The number of nitrogens with one attached hydrogen (secondary N) is 1. The molecule has 1 aliphatic rings. The summed E-state index contributed by atoms with van der Waals surface area (Å²) < 4.78 is 0. The number of hydrogen-bond acceptors (Lipinski definition) is 3. The van der Waals surface area contributed by atoms with Crippen molar-refractivity contribution in [3.05, 3.63) is 34.9 Å². The van der Waals surface area contributed by atoms with Gasteiger partial charge < -0.3 is 10.2 Å². The molecule has 0 aromatic heterocycles. The van der Waals surface area contributed by atoms with Gasteiger partial charge in [0.05, 0.1) is 0 Å². The van der Waals surface area contributed by atoms with Crippen LogP contribution in [0.25, 0.3) is 0 Å². The van der Waals surface area contributed by atoms with E-state index in [1.54, 1.807) is 0 Å². The van der Waals surface area contributed by atoms with Crippen LogP contribution in [0.3, 0.4) is 0 Å². The van der Waals surface area contributed by atoms with Gasteiger partial charge in [-0.05, 0) is 65.5 Å². The van der Waals surface area contributed by atoms with Gasteiger partial charge in [-0.3, -0.25) is 4.90 Å². The Kier molecular flexibility index (Phi) is 5.80. The van der Waals surface area contributed by atoms with Gasteiger partial charge >= 0.3 is 0 Å². The van der Waals surface area contributed by atoms with Crippen molar-refractivity contribution in [2.45, 2.75) is 38.8 Å².